The molecule has 3 heterocycles. The van der Waals surface area contributed by atoms with Crippen molar-refractivity contribution in [2.75, 3.05) is 0 Å². The fraction of sp³-hybridized carbons (Fsp3) is 0.444. The van der Waals surface area contributed by atoms with E-state index in [9.17, 15) is 9.90 Å². The molecule has 5 heteroatoms. The molecule has 41 heavy (non-hydrogen) atoms. The molecule has 0 aliphatic carbocycles. The summed E-state index contributed by atoms with van der Waals surface area (Å²) < 4.78 is 18.7. The summed E-state index contributed by atoms with van der Waals surface area (Å²) in [5.41, 5.74) is 4.24. The second kappa shape index (κ2) is 13.5. The maximum absolute atomic E-state index is 11.7. The van der Waals surface area contributed by atoms with E-state index in [2.05, 4.69) is 69.2 Å². The minimum absolute atomic E-state index is 0. The number of rotatable bonds is 8. The summed E-state index contributed by atoms with van der Waals surface area (Å²) in [6, 6.07) is 10.9. The molecule has 1 radical (unpaired) electrons. The van der Waals surface area contributed by atoms with Gasteiger partial charge in [0.25, 0.3) is 0 Å². The molecule has 5 rings (SSSR count). The number of benzene rings is 2. The number of aliphatic hydroxyl groups excluding tert-OH is 1. The summed E-state index contributed by atoms with van der Waals surface area (Å²) >= 11 is 0. The molecule has 4 nitrogen and oxygen atoms in total. The molecule has 221 valence electrons. The summed E-state index contributed by atoms with van der Waals surface area (Å²) in [5.74, 6) is 0.547. The van der Waals surface area contributed by atoms with Crippen LogP contribution in [0, 0.1) is 30.4 Å². The van der Waals surface area contributed by atoms with Crippen LogP contribution in [0.15, 0.2) is 54.4 Å². The van der Waals surface area contributed by atoms with Gasteiger partial charge in [0.1, 0.15) is 0 Å². The van der Waals surface area contributed by atoms with Crippen molar-refractivity contribution in [1.82, 2.24) is 9.38 Å². The molecule has 0 bridgehead atoms. The first-order chi connectivity index (χ1) is 19.8. The molecule has 0 unspecified atom stereocenters. The Labute approximate surface area is 261 Å². The summed E-state index contributed by atoms with van der Waals surface area (Å²) in [4.78, 5) is 16.2. The molecule has 1 N–H and O–H groups in total. The first kappa shape index (κ1) is 29.7. The van der Waals surface area contributed by atoms with Crippen molar-refractivity contribution >= 4 is 43.9 Å². The number of aliphatic hydroxyl groups is 1. The van der Waals surface area contributed by atoms with Gasteiger partial charge in [0, 0.05) is 44.2 Å². The van der Waals surface area contributed by atoms with Crippen LogP contribution in [0.4, 0.5) is 0 Å². The van der Waals surface area contributed by atoms with Crippen LogP contribution in [0.25, 0.3) is 38.1 Å². The molecule has 3 aromatic heterocycles. The molecule has 0 spiro atoms. The minimum Gasteiger partial charge on any atom is -0.512 e. The smallest absolute Gasteiger partial charge is 0.162 e. The van der Waals surface area contributed by atoms with E-state index >= 15 is 0 Å². The van der Waals surface area contributed by atoms with Crippen molar-refractivity contribution in [2.24, 2.45) is 17.3 Å². The van der Waals surface area contributed by atoms with Crippen molar-refractivity contribution in [3.63, 3.8) is 0 Å². The number of para-hydroxylation sites is 1. The number of carbonyl (C=O) groups is 1. The van der Waals surface area contributed by atoms with Crippen molar-refractivity contribution in [1.29, 1.82) is 0 Å². The Morgan fingerprint density at radius 3 is 2.29 bits per heavy atom. The molecule has 0 atom stereocenters. The predicted octanol–water partition coefficient (Wildman–Crippen LogP) is 9.80. The third-order valence-electron chi connectivity index (χ3n) is 8.04. The van der Waals surface area contributed by atoms with Gasteiger partial charge in [-0.25, -0.2) is 0 Å². The van der Waals surface area contributed by atoms with Gasteiger partial charge in [0.05, 0.1) is 14.1 Å². The van der Waals surface area contributed by atoms with Crippen LogP contribution >= 0.6 is 0 Å². The number of aromatic nitrogens is 2. The minimum atomic E-state index is 0. The second-order valence-corrected chi connectivity index (χ2v) is 12.2. The molecular weight excluding hydrogens is 685 g/mol. The van der Waals surface area contributed by atoms with Crippen molar-refractivity contribution in [2.45, 2.75) is 87.5 Å². The van der Waals surface area contributed by atoms with Gasteiger partial charge in [-0.2, -0.15) is 0 Å². The van der Waals surface area contributed by atoms with Crippen LogP contribution in [0.5, 0.6) is 0 Å². The van der Waals surface area contributed by atoms with E-state index in [4.69, 9.17) is 2.74 Å². The van der Waals surface area contributed by atoms with Gasteiger partial charge in [-0.05, 0) is 70.7 Å². The molecule has 0 aliphatic rings. The van der Waals surface area contributed by atoms with Crippen LogP contribution < -0.4 is 0 Å². The molecule has 2 aromatic carbocycles. The normalized spacial score (nSPS) is 13.2. The average molecular weight is 732 g/mol. The zero-order valence-electron chi connectivity index (χ0n) is 27.7. The fourth-order valence-corrected chi connectivity index (χ4v) is 5.85. The number of aryl methyl sites for hydroxylation is 1. The average Bonchev–Trinajstić information content (AvgIpc) is 3.27. The molecule has 5 aromatic rings. The number of allylic oxidation sites excluding steroid dienone is 2. The molecule has 0 amide bonds. The maximum atomic E-state index is 11.7. The molecular formula is C36H45IrN2O2-. The molecule has 0 saturated heterocycles. The first-order valence-corrected chi connectivity index (χ1v) is 14.8. The van der Waals surface area contributed by atoms with Crippen LogP contribution in [0.1, 0.15) is 88.0 Å². The van der Waals surface area contributed by atoms with E-state index in [0.717, 1.165) is 75.8 Å². The number of ketones is 1. The Morgan fingerprint density at radius 2 is 1.68 bits per heavy atom. The van der Waals surface area contributed by atoms with Crippen molar-refractivity contribution < 1.29 is 32.7 Å². The summed E-state index contributed by atoms with van der Waals surface area (Å²) in [5, 5.41) is 15.0. The summed E-state index contributed by atoms with van der Waals surface area (Å²) in [7, 11) is 0. The Kier molecular flexibility index (Phi) is 9.78. The zero-order chi connectivity index (χ0) is 30.9. The Morgan fingerprint density at radius 1 is 1.05 bits per heavy atom. The van der Waals surface area contributed by atoms with Crippen LogP contribution in [-0.4, -0.2) is 20.3 Å². The number of hydrogen-bond acceptors (Lipinski definition) is 3. The number of pyridine rings is 2. The van der Waals surface area contributed by atoms with Gasteiger partial charge in [0.15, 0.2) is 5.78 Å². The number of nitrogens with zero attached hydrogens (tertiary/aromatic N) is 2. The zero-order valence-corrected chi connectivity index (χ0v) is 28.1. The van der Waals surface area contributed by atoms with Gasteiger partial charge in [-0.3, -0.25) is 9.78 Å². The van der Waals surface area contributed by atoms with E-state index < -0.39 is 0 Å². The predicted molar refractivity (Wildman–Crippen MR) is 169 cm³/mol. The van der Waals surface area contributed by atoms with E-state index in [1.807, 2.05) is 32.1 Å². The van der Waals surface area contributed by atoms with E-state index in [1.165, 1.54) is 11.6 Å². The van der Waals surface area contributed by atoms with E-state index in [0.29, 0.717) is 0 Å². The SMILES string of the molecule is CCC(CC)C(=O)/C=C(\O)C(CC)CC.[2H]c1nc2c3c(cc(CC(C)(C)C)cc3c3cccc4c(C)[c-]n2c43)c1[2H].[Ir]. The van der Waals surface area contributed by atoms with Crippen LogP contribution in [0.2, 0.25) is 0 Å². The molecule has 0 saturated carbocycles. The summed E-state index contributed by atoms with van der Waals surface area (Å²) in [6.07, 6.45) is 9.25. The van der Waals surface area contributed by atoms with Crippen molar-refractivity contribution in [3.05, 3.63) is 71.7 Å². The van der Waals surface area contributed by atoms with Gasteiger partial charge in [0.2, 0.25) is 0 Å². The fourth-order valence-electron chi connectivity index (χ4n) is 5.85. The maximum Gasteiger partial charge on any atom is 0.162 e. The third-order valence-corrected chi connectivity index (χ3v) is 8.04. The van der Waals surface area contributed by atoms with E-state index in [1.54, 1.807) is 0 Å². The van der Waals surface area contributed by atoms with Gasteiger partial charge in [-0.1, -0.05) is 91.4 Å². The second-order valence-electron chi connectivity index (χ2n) is 12.2. The Hall–Kier alpha value is -2.75. The van der Waals surface area contributed by atoms with Crippen LogP contribution in [-0.2, 0) is 31.3 Å². The van der Waals surface area contributed by atoms with Gasteiger partial charge < -0.3 is 9.51 Å². The Bertz CT molecular complexity index is 1760. The largest absolute Gasteiger partial charge is 0.512 e. The van der Waals surface area contributed by atoms with Crippen LogP contribution in [0.3, 0.4) is 0 Å². The topological polar surface area (TPSA) is 54.6 Å². The molecule has 0 aliphatic heterocycles. The number of hydrogen-bond donors (Lipinski definition) is 1. The number of fused-ring (bicyclic) bond motifs is 2. The monoisotopic (exact) mass is 732 g/mol. The van der Waals surface area contributed by atoms with E-state index in [-0.39, 0.29) is 61.1 Å². The van der Waals surface area contributed by atoms with Crippen molar-refractivity contribution in [3.8, 4) is 0 Å². The standard InChI is InChI=1S/C23H21N2.C13H24O2.Ir/c1-14-13-25-21-17(14)6-5-7-18(21)19-11-15(12-23(2,3)4)10-16-8-9-24-22(25)20(16)19;1-5-10(6-2)12(14)9-13(15)11(7-3)8-4;/h5-11H,12H2,1-4H3;9-11,14H,5-8H2,1-4H3;/q-1;;/b;12-9-;/i8D,9D;;. The summed E-state index contributed by atoms with van der Waals surface area (Å²) in [6.45, 7) is 16.8. The van der Waals surface area contributed by atoms with Gasteiger partial charge >= 0.3 is 0 Å². The third kappa shape index (κ3) is 6.84. The Balaban J connectivity index is 0.000000274. The quantitative estimate of drug-likeness (QED) is 0.0569. The number of carbonyl (C=O) groups excluding carboxylic acids is 1. The van der Waals surface area contributed by atoms with Gasteiger partial charge in [-0.15, -0.1) is 17.0 Å². The molecule has 0 fully saturated rings. The first-order valence-electron chi connectivity index (χ1n) is 15.8.